The normalized spacial score (nSPS) is 51.7. The molecule has 4 heterocycles. The second-order valence-electron chi connectivity index (χ2n) is 18.9. The molecular formula is C42H76N2O10. The molecule has 54 heavy (non-hydrogen) atoms. The molecule has 0 aromatic heterocycles. The van der Waals surface area contributed by atoms with E-state index in [-0.39, 0.29) is 30.4 Å². The Labute approximate surface area is 325 Å². The molecule has 19 atom stereocenters. The van der Waals surface area contributed by atoms with Crippen LogP contribution in [0.25, 0.3) is 0 Å². The van der Waals surface area contributed by atoms with E-state index in [0.29, 0.717) is 25.9 Å². The number of nitrogens with zero attached hydrogens (tertiary/aromatic N) is 2. The van der Waals surface area contributed by atoms with E-state index < -0.39 is 94.9 Å². The minimum Gasteiger partial charge on any atom is -0.459 e. The summed E-state index contributed by atoms with van der Waals surface area (Å²) in [7, 11) is 5.69. The third-order valence-electron chi connectivity index (χ3n) is 14.2. The molecule has 4 aliphatic rings. The Kier molecular flexibility index (Phi) is 14.3. The molecule has 4 aliphatic heterocycles. The van der Waals surface area contributed by atoms with Gasteiger partial charge in [0.2, 0.25) is 0 Å². The first-order valence-corrected chi connectivity index (χ1v) is 20.5. The number of fused-ring (bicyclic) bond motifs is 1. The van der Waals surface area contributed by atoms with Crippen LogP contribution in [0.15, 0.2) is 12.7 Å². The van der Waals surface area contributed by atoms with Crippen LogP contribution in [0.1, 0.15) is 102 Å². The summed E-state index contributed by atoms with van der Waals surface area (Å²) in [6.07, 6.45) is -1.18. The van der Waals surface area contributed by atoms with Gasteiger partial charge in [0, 0.05) is 56.5 Å². The number of hydrogen-bond acceptors (Lipinski definition) is 12. The van der Waals surface area contributed by atoms with Gasteiger partial charge < -0.3 is 49.0 Å². The van der Waals surface area contributed by atoms with Gasteiger partial charge in [0.1, 0.15) is 23.4 Å². The molecule has 4 rings (SSSR count). The second-order valence-corrected chi connectivity index (χ2v) is 18.9. The third-order valence-corrected chi connectivity index (χ3v) is 14.2. The zero-order valence-electron chi connectivity index (χ0n) is 35.8. The van der Waals surface area contributed by atoms with Crippen molar-refractivity contribution < 1.29 is 48.9 Å². The van der Waals surface area contributed by atoms with Gasteiger partial charge in [-0.25, -0.2) is 0 Å². The van der Waals surface area contributed by atoms with E-state index in [1.165, 1.54) is 0 Å². The van der Waals surface area contributed by atoms with Crippen molar-refractivity contribution in [2.45, 2.75) is 179 Å². The molecule has 314 valence electrons. The standard InChI is InChI=1S/C42H76N2O10/c1-16-32-41(12,48)28(8)34-42(49,17-2)22-44(34)21-23(3)19-39(10,47)36(54-38-25(5)30(43(13)14)18-24(4)51-38)26(6)33(27(7)37(46)53-32)31-20-40(11,50-15)35(45)29(9)52-31/h17,23-36,38,45,47-49H,2,16,18-22H2,1,3-15H3/t23-,24?,25?,26+,27?,28?,29+,30?,31?,32-,33+,34?,35+,36-,38+,39-,40-,41+,42?/m1/s1. The van der Waals surface area contributed by atoms with Gasteiger partial charge in [-0.1, -0.05) is 47.6 Å². The zero-order valence-corrected chi connectivity index (χ0v) is 35.8. The number of aliphatic hydroxyl groups is 4. The number of carbonyl (C=O) groups excluding carboxylic acids is 1. The summed E-state index contributed by atoms with van der Waals surface area (Å²) in [5.74, 6) is -2.99. The molecule has 0 aliphatic carbocycles. The smallest absolute Gasteiger partial charge is 0.309 e. The van der Waals surface area contributed by atoms with E-state index in [0.717, 1.165) is 6.42 Å². The number of cyclic esters (lactones) is 1. The Morgan fingerprint density at radius 3 is 2.19 bits per heavy atom. The van der Waals surface area contributed by atoms with E-state index in [2.05, 4.69) is 44.3 Å². The first-order chi connectivity index (χ1) is 24.9. The van der Waals surface area contributed by atoms with Gasteiger partial charge in [0.05, 0.1) is 41.5 Å². The van der Waals surface area contributed by atoms with E-state index in [1.807, 2.05) is 48.5 Å². The average molecular weight is 769 g/mol. The van der Waals surface area contributed by atoms with Crippen LogP contribution >= 0.6 is 0 Å². The van der Waals surface area contributed by atoms with Gasteiger partial charge in [-0.05, 0) is 79.8 Å². The van der Waals surface area contributed by atoms with Crippen LogP contribution in [0.5, 0.6) is 0 Å². The van der Waals surface area contributed by atoms with Crippen LogP contribution in [0, 0.1) is 35.5 Å². The summed E-state index contributed by atoms with van der Waals surface area (Å²) in [6.45, 7) is 25.8. The molecule has 4 saturated heterocycles. The third kappa shape index (κ3) is 8.78. The highest BCUT2D eigenvalue weighted by Crippen LogP contribution is 2.47. The number of rotatable bonds is 7. The molecule has 0 saturated carbocycles. The van der Waals surface area contributed by atoms with E-state index in [4.69, 9.17) is 23.7 Å². The summed E-state index contributed by atoms with van der Waals surface area (Å²) in [4.78, 5) is 18.9. The molecule has 0 amide bonds. The van der Waals surface area contributed by atoms with Crippen LogP contribution in [0.2, 0.25) is 0 Å². The highest BCUT2D eigenvalue weighted by Gasteiger charge is 2.59. The van der Waals surface area contributed by atoms with Gasteiger partial charge in [-0.3, -0.25) is 9.69 Å². The minimum absolute atomic E-state index is 0.0283. The molecule has 12 heteroatoms. The number of carbonyl (C=O) groups is 1. The molecule has 4 fully saturated rings. The largest absolute Gasteiger partial charge is 0.459 e. The van der Waals surface area contributed by atoms with Gasteiger partial charge in [-0.15, -0.1) is 6.58 Å². The Hall–Kier alpha value is -1.19. The number of methoxy groups -OCH3 is 1. The van der Waals surface area contributed by atoms with Gasteiger partial charge in [0.25, 0.3) is 0 Å². The number of aliphatic hydroxyl groups excluding tert-OH is 1. The average Bonchev–Trinajstić information content (AvgIpc) is 3.07. The molecule has 0 aromatic carbocycles. The molecule has 0 radical (unpaired) electrons. The maximum absolute atomic E-state index is 14.6. The quantitative estimate of drug-likeness (QED) is 0.219. The van der Waals surface area contributed by atoms with Crippen LogP contribution in [0.4, 0.5) is 0 Å². The zero-order chi connectivity index (χ0) is 40.9. The lowest BCUT2D eigenvalue weighted by Crippen LogP contribution is -2.74. The molecule has 0 aromatic rings. The van der Waals surface area contributed by atoms with Crippen LogP contribution in [-0.4, -0.2) is 148 Å². The minimum atomic E-state index is -1.51. The van der Waals surface area contributed by atoms with Crippen LogP contribution < -0.4 is 0 Å². The predicted octanol–water partition coefficient (Wildman–Crippen LogP) is 4.01. The highest BCUT2D eigenvalue weighted by molar-refractivity contribution is 5.73. The van der Waals surface area contributed by atoms with E-state index in [1.54, 1.807) is 27.0 Å². The van der Waals surface area contributed by atoms with Crippen molar-refractivity contribution in [1.82, 2.24) is 9.80 Å². The number of ether oxygens (including phenoxy) is 5. The SMILES string of the molecule is C=CC1(O)CN2C[C@H](C)C[C@@](C)(O)[C@H](O[C@@H]3OC(C)CC(N(C)C)C3C)[C@@H](C)[C@H](C3C[C@@](C)(OC)[C@@H](O)[C@H](C)O3)C(C)C(=O)O[C@H](CC)[C@@](C)(O)C(C)C21. The fourth-order valence-electron chi connectivity index (χ4n) is 10.9. The van der Waals surface area contributed by atoms with Crippen LogP contribution in [-0.2, 0) is 28.5 Å². The summed E-state index contributed by atoms with van der Waals surface area (Å²) >= 11 is 0. The fourth-order valence-corrected chi connectivity index (χ4v) is 10.9. The second kappa shape index (κ2) is 17.0. The van der Waals surface area contributed by atoms with Gasteiger partial charge in [0.15, 0.2) is 6.29 Å². The van der Waals surface area contributed by atoms with Crippen molar-refractivity contribution in [3.05, 3.63) is 12.7 Å². The maximum atomic E-state index is 14.6. The van der Waals surface area contributed by atoms with Crippen molar-refractivity contribution >= 4 is 5.97 Å². The topological polar surface area (TPSA) is 151 Å². The lowest BCUT2D eigenvalue weighted by atomic mass is 9.68. The molecule has 12 nitrogen and oxygen atoms in total. The first-order valence-electron chi connectivity index (χ1n) is 20.5. The summed E-state index contributed by atoms with van der Waals surface area (Å²) < 4.78 is 32.5. The van der Waals surface area contributed by atoms with Crippen LogP contribution in [0.3, 0.4) is 0 Å². The van der Waals surface area contributed by atoms with Crippen molar-refractivity contribution in [2.75, 3.05) is 34.3 Å². The first kappa shape index (κ1) is 45.5. The Morgan fingerprint density at radius 1 is 1.00 bits per heavy atom. The lowest BCUT2D eigenvalue weighted by Gasteiger charge is -2.59. The predicted molar refractivity (Wildman–Crippen MR) is 208 cm³/mol. The molecule has 0 bridgehead atoms. The maximum Gasteiger partial charge on any atom is 0.309 e. The van der Waals surface area contributed by atoms with Crippen molar-refractivity contribution in [2.24, 2.45) is 35.5 Å². The van der Waals surface area contributed by atoms with E-state index in [9.17, 15) is 25.2 Å². The van der Waals surface area contributed by atoms with E-state index >= 15 is 0 Å². The summed E-state index contributed by atoms with van der Waals surface area (Å²) in [6, 6.07) is -0.313. The lowest BCUT2D eigenvalue weighted by molar-refractivity contribution is -0.290. The number of esters is 1. The summed E-state index contributed by atoms with van der Waals surface area (Å²) in [5.41, 5.74) is -5.13. The van der Waals surface area contributed by atoms with Gasteiger partial charge >= 0.3 is 5.97 Å². The fraction of sp³-hybridized carbons (Fsp3) is 0.929. The summed E-state index contributed by atoms with van der Waals surface area (Å²) in [5, 5.41) is 47.9. The Morgan fingerprint density at radius 2 is 1.63 bits per heavy atom. The molecule has 0 spiro atoms. The van der Waals surface area contributed by atoms with Gasteiger partial charge in [-0.2, -0.15) is 0 Å². The van der Waals surface area contributed by atoms with Crippen molar-refractivity contribution in [3.63, 3.8) is 0 Å². The highest BCUT2D eigenvalue weighted by atomic mass is 16.7. The monoisotopic (exact) mass is 769 g/mol. The Bertz CT molecular complexity index is 1280. The number of hydrogen-bond donors (Lipinski definition) is 4. The van der Waals surface area contributed by atoms with Crippen molar-refractivity contribution in [1.29, 1.82) is 0 Å². The molecule has 8 unspecified atom stereocenters. The Balaban J connectivity index is 1.88. The molecule has 4 N–H and O–H groups in total. The molecular weight excluding hydrogens is 692 g/mol. The van der Waals surface area contributed by atoms with Crippen molar-refractivity contribution in [3.8, 4) is 0 Å².